The monoisotopic (exact) mass is 382 g/mol. The zero-order chi connectivity index (χ0) is 20.3. The molecular weight excluding hydrogens is 356 g/mol. The molecular formula is C21H26N4O3. The van der Waals surface area contributed by atoms with Gasteiger partial charge in [0.05, 0.1) is 11.3 Å². The van der Waals surface area contributed by atoms with Crippen molar-refractivity contribution >= 4 is 5.91 Å². The van der Waals surface area contributed by atoms with Crippen LogP contribution in [0.15, 0.2) is 47.1 Å². The first-order chi connectivity index (χ1) is 13.3. The number of para-hydroxylation sites is 1. The van der Waals surface area contributed by atoms with Gasteiger partial charge >= 0.3 is 0 Å². The van der Waals surface area contributed by atoms with E-state index in [0.717, 1.165) is 5.69 Å². The largest absolute Gasteiger partial charge is 0.446 e. The van der Waals surface area contributed by atoms with E-state index in [1.165, 1.54) is 0 Å². The van der Waals surface area contributed by atoms with E-state index >= 15 is 0 Å². The number of benzene rings is 1. The van der Waals surface area contributed by atoms with Crippen molar-refractivity contribution < 1.29 is 14.3 Å². The van der Waals surface area contributed by atoms with Gasteiger partial charge in [-0.2, -0.15) is 5.10 Å². The quantitative estimate of drug-likeness (QED) is 0.679. The van der Waals surface area contributed by atoms with E-state index in [2.05, 4.69) is 10.1 Å². The lowest BCUT2D eigenvalue weighted by Gasteiger charge is -2.21. The van der Waals surface area contributed by atoms with Crippen LogP contribution in [-0.2, 0) is 12.0 Å². The lowest BCUT2D eigenvalue weighted by molar-refractivity contribution is 0.0725. The topological polar surface area (TPSA) is 84.4 Å². The highest BCUT2D eigenvalue weighted by molar-refractivity contribution is 5.97. The molecule has 1 N–H and O–H groups in total. The average molecular weight is 382 g/mol. The highest BCUT2D eigenvalue weighted by Crippen LogP contribution is 2.23. The molecule has 0 unspecified atom stereocenters. The van der Waals surface area contributed by atoms with Crippen LogP contribution in [0.5, 0.6) is 0 Å². The molecule has 2 heterocycles. The Morgan fingerprint density at radius 1 is 1.29 bits per heavy atom. The molecule has 1 amide bonds. The van der Waals surface area contributed by atoms with Gasteiger partial charge in [0.15, 0.2) is 5.89 Å². The lowest BCUT2D eigenvalue weighted by atomic mass is 10.0. The van der Waals surface area contributed by atoms with Crippen molar-refractivity contribution in [1.29, 1.82) is 0 Å². The normalized spacial score (nSPS) is 11.6. The predicted molar refractivity (Wildman–Crippen MR) is 105 cm³/mol. The second-order valence-electron chi connectivity index (χ2n) is 7.17. The lowest BCUT2D eigenvalue weighted by Crippen LogP contribution is -2.33. The van der Waals surface area contributed by atoms with Crippen LogP contribution in [0.4, 0.5) is 0 Å². The average Bonchev–Trinajstić information content (AvgIpc) is 3.31. The maximum Gasteiger partial charge on any atom is 0.256 e. The summed E-state index contributed by atoms with van der Waals surface area (Å²) in [5.41, 5.74) is 0.802. The Morgan fingerprint density at radius 3 is 2.64 bits per heavy atom. The minimum Gasteiger partial charge on any atom is -0.446 e. The second kappa shape index (κ2) is 7.98. The molecule has 3 aromatic rings. The summed E-state index contributed by atoms with van der Waals surface area (Å²) in [5.74, 6) is 1.04. The number of likely N-dealkylation sites (N-methyl/N-ethyl adjacent to an activating group) is 1. The number of amides is 1. The number of carbonyl (C=O) groups excluding carboxylic acids is 1. The van der Waals surface area contributed by atoms with Crippen molar-refractivity contribution in [3.05, 3.63) is 65.6 Å². The number of nitrogens with zero attached hydrogens (tertiary/aromatic N) is 4. The van der Waals surface area contributed by atoms with Crippen LogP contribution in [0.2, 0.25) is 0 Å². The van der Waals surface area contributed by atoms with Crippen LogP contribution in [0.25, 0.3) is 5.69 Å². The Morgan fingerprint density at radius 2 is 2.04 bits per heavy atom. The Balaban J connectivity index is 1.77. The highest BCUT2D eigenvalue weighted by Gasteiger charge is 2.25. The van der Waals surface area contributed by atoms with Crippen molar-refractivity contribution in [3.8, 4) is 5.69 Å². The van der Waals surface area contributed by atoms with Crippen molar-refractivity contribution in [2.45, 2.75) is 39.7 Å². The summed E-state index contributed by atoms with van der Waals surface area (Å²) in [7, 11) is 0. The van der Waals surface area contributed by atoms with Crippen molar-refractivity contribution in [2.24, 2.45) is 0 Å². The Bertz CT molecular complexity index is 939. The SMILES string of the molecule is CCN(CCc1nc(C(C)(C)O)c(C)o1)C(=O)c1ccccc1-n1cccn1. The van der Waals surface area contributed by atoms with Gasteiger partial charge in [0.25, 0.3) is 5.91 Å². The van der Waals surface area contributed by atoms with Crippen LogP contribution in [-0.4, -0.2) is 43.8 Å². The fourth-order valence-corrected chi connectivity index (χ4v) is 3.20. The fourth-order valence-electron chi connectivity index (χ4n) is 3.20. The predicted octanol–water partition coefficient (Wildman–Crippen LogP) is 3.10. The number of rotatable bonds is 7. The summed E-state index contributed by atoms with van der Waals surface area (Å²) in [5, 5.41) is 14.4. The smallest absolute Gasteiger partial charge is 0.256 e. The minimum atomic E-state index is -1.06. The zero-order valence-corrected chi connectivity index (χ0v) is 16.7. The summed E-state index contributed by atoms with van der Waals surface area (Å²) in [6.07, 6.45) is 3.97. The van der Waals surface area contributed by atoms with Gasteiger partial charge in [0.2, 0.25) is 0 Å². The Kier molecular flexibility index (Phi) is 5.65. The third kappa shape index (κ3) is 4.14. The van der Waals surface area contributed by atoms with Crippen molar-refractivity contribution in [2.75, 3.05) is 13.1 Å². The van der Waals surface area contributed by atoms with Crippen LogP contribution < -0.4 is 0 Å². The van der Waals surface area contributed by atoms with Gasteiger partial charge in [-0.1, -0.05) is 12.1 Å². The standard InChI is InChI=1S/C21H26N4O3/c1-5-24(14-11-18-23-19(15(2)28-18)21(3,4)27)20(26)16-9-6-7-10-17(16)25-13-8-12-22-25/h6-10,12-13,27H,5,11,14H2,1-4H3. The molecule has 0 aliphatic carbocycles. The van der Waals surface area contributed by atoms with Crippen LogP contribution in [0, 0.1) is 6.92 Å². The number of aryl methyl sites for hydroxylation is 1. The highest BCUT2D eigenvalue weighted by atomic mass is 16.4. The molecule has 0 bridgehead atoms. The summed E-state index contributed by atoms with van der Waals surface area (Å²) in [4.78, 5) is 19.3. The molecule has 7 nitrogen and oxygen atoms in total. The Labute approximate surface area is 164 Å². The number of carbonyl (C=O) groups is 1. The van der Waals surface area contributed by atoms with Gasteiger partial charge in [-0.05, 0) is 45.9 Å². The van der Waals surface area contributed by atoms with E-state index in [-0.39, 0.29) is 5.91 Å². The first-order valence-corrected chi connectivity index (χ1v) is 9.38. The molecule has 0 spiro atoms. The molecule has 1 aromatic carbocycles. The maximum absolute atomic E-state index is 13.1. The van der Waals surface area contributed by atoms with E-state index in [1.54, 1.807) is 36.5 Å². The van der Waals surface area contributed by atoms with E-state index in [0.29, 0.717) is 42.4 Å². The molecule has 7 heteroatoms. The third-order valence-corrected chi connectivity index (χ3v) is 4.57. The number of aliphatic hydroxyl groups is 1. The van der Waals surface area contributed by atoms with E-state index < -0.39 is 5.60 Å². The molecule has 0 radical (unpaired) electrons. The first-order valence-electron chi connectivity index (χ1n) is 9.38. The summed E-state index contributed by atoms with van der Waals surface area (Å²) in [6.45, 7) is 8.11. The van der Waals surface area contributed by atoms with Crippen LogP contribution in [0.3, 0.4) is 0 Å². The molecule has 28 heavy (non-hydrogen) atoms. The minimum absolute atomic E-state index is 0.0698. The summed E-state index contributed by atoms with van der Waals surface area (Å²) in [6, 6.07) is 9.24. The fraction of sp³-hybridized carbons (Fsp3) is 0.381. The number of oxazole rings is 1. The summed E-state index contributed by atoms with van der Waals surface area (Å²) < 4.78 is 7.37. The number of hydrogen-bond acceptors (Lipinski definition) is 5. The van der Waals surface area contributed by atoms with Crippen molar-refractivity contribution in [1.82, 2.24) is 19.7 Å². The van der Waals surface area contributed by atoms with E-state index in [1.807, 2.05) is 43.5 Å². The molecule has 0 saturated heterocycles. The van der Waals surface area contributed by atoms with Gasteiger partial charge < -0.3 is 14.4 Å². The zero-order valence-electron chi connectivity index (χ0n) is 16.7. The van der Waals surface area contributed by atoms with Gasteiger partial charge in [-0.3, -0.25) is 4.79 Å². The molecule has 3 rings (SSSR count). The molecule has 2 aromatic heterocycles. The van der Waals surface area contributed by atoms with E-state index in [4.69, 9.17) is 4.42 Å². The van der Waals surface area contributed by atoms with Gasteiger partial charge in [0.1, 0.15) is 17.1 Å². The second-order valence-corrected chi connectivity index (χ2v) is 7.17. The molecule has 0 atom stereocenters. The molecule has 0 aliphatic rings. The molecule has 148 valence electrons. The van der Waals surface area contributed by atoms with Gasteiger partial charge in [0, 0.05) is 31.9 Å². The Hall–Kier alpha value is -2.93. The van der Waals surface area contributed by atoms with Crippen molar-refractivity contribution in [3.63, 3.8) is 0 Å². The van der Waals surface area contributed by atoms with Gasteiger partial charge in [-0.15, -0.1) is 0 Å². The molecule has 0 fully saturated rings. The molecule has 0 saturated carbocycles. The van der Waals surface area contributed by atoms with Crippen LogP contribution in [0.1, 0.15) is 48.5 Å². The summed E-state index contributed by atoms with van der Waals surface area (Å²) >= 11 is 0. The third-order valence-electron chi connectivity index (χ3n) is 4.57. The van der Waals surface area contributed by atoms with E-state index in [9.17, 15) is 9.90 Å². The van der Waals surface area contributed by atoms with Gasteiger partial charge in [-0.25, -0.2) is 9.67 Å². The number of aromatic nitrogens is 3. The molecule has 0 aliphatic heterocycles. The first kappa shape index (κ1) is 19.8. The maximum atomic E-state index is 13.1. The van der Waals surface area contributed by atoms with Crippen LogP contribution >= 0.6 is 0 Å². The number of hydrogen-bond donors (Lipinski definition) is 1.